The second-order valence-electron chi connectivity index (χ2n) is 4.60. The minimum atomic E-state index is 0.483. The Kier molecular flexibility index (Phi) is 4.10. The molecule has 4 nitrogen and oxygen atoms in total. The summed E-state index contributed by atoms with van der Waals surface area (Å²) in [7, 11) is 1.88. The van der Waals surface area contributed by atoms with Crippen LogP contribution in [0, 0.1) is 5.92 Å². The van der Waals surface area contributed by atoms with E-state index in [1.165, 1.54) is 19.3 Å². The molecule has 1 aliphatic carbocycles. The maximum atomic E-state index is 4.47. The summed E-state index contributed by atoms with van der Waals surface area (Å²) in [6, 6.07) is 2.44. The molecule has 5 heteroatoms. The predicted molar refractivity (Wildman–Crippen MR) is 73.8 cm³/mol. The van der Waals surface area contributed by atoms with Crippen LogP contribution in [0.1, 0.15) is 26.2 Å². The van der Waals surface area contributed by atoms with Crippen LogP contribution in [0.15, 0.2) is 11.2 Å². The van der Waals surface area contributed by atoms with Gasteiger partial charge in [-0.25, -0.2) is 9.97 Å². The van der Waals surface area contributed by atoms with E-state index in [4.69, 9.17) is 0 Å². The third-order valence-corrected chi connectivity index (χ3v) is 3.47. The lowest BCUT2D eigenvalue weighted by molar-refractivity contribution is 0.639. The van der Waals surface area contributed by atoms with Crippen molar-refractivity contribution in [1.82, 2.24) is 9.97 Å². The van der Waals surface area contributed by atoms with Gasteiger partial charge in [0.2, 0.25) is 0 Å². The summed E-state index contributed by atoms with van der Waals surface area (Å²) in [6.45, 7) is 2.22. The second-order valence-corrected chi connectivity index (χ2v) is 5.37. The topological polar surface area (TPSA) is 49.8 Å². The Hall–Kier alpha value is -0.970. The van der Waals surface area contributed by atoms with Gasteiger partial charge >= 0.3 is 0 Å². The maximum absolute atomic E-state index is 4.47. The van der Waals surface area contributed by atoms with E-state index in [-0.39, 0.29) is 0 Å². The van der Waals surface area contributed by atoms with Gasteiger partial charge in [-0.05, 0) is 25.5 Å². The molecular formula is C12H20N4S. The number of aromatic nitrogens is 2. The number of thioether (sulfide) groups is 1. The highest BCUT2D eigenvalue weighted by Crippen LogP contribution is 2.34. The van der Waals surface area contributed by atoms with Crippen LogP contribution in [0.25, 0.3) is 0 Å². The van der Waals surface area contributed by atoms with Gasteiger partial charge in [0.15, 0.2) is 5.16 Å². The lowest BCUT2D eigenvalue weighted by Gasteiger charge is -2.15. The van der Waals surface area contributed by atoms with Crippen molar-refractivity contribution in [2.45, 2.75) is 37.4 Å². The number of rotatable bonds is 6. The average molecular weight is 252 g/mol. The van der Waals surface area contributed by atoms with Gasteiger partial charge in [0.25, 0.3) is 0 Å². The van der Waals surface area contributed by atoms with Crippen LogP contribution in [-0.4, -0.2) is 29.3 Å². The first kappa shape index (κ1) is 12.5. The zero-order chi connectivity index (χ0) is 12.3. The van der Waals surface area contributed by atoms with E-state index >= 15 is 0 Å². The van der Waals surface area contributed by atoms with Crippen LogP contribution in [0.4, 0.5) is 11.6 Å². The zero-order valence-corrected chi connectivity index (χ0v) is 11.5. The molecule has 17 heavy (non-hydrogen) atoms. The summed E-state index contributed by atoms with van der Waals surface area (Å²) in [6.07, 6.45) is 6.03. The van der Waals surface area contributed by atoms with Crippen molar-refractivity contribution in [1.29, 1.82) is 0 Å². The molecule has 0 radical (unpaired) electrons. The van der Waals surface area contributed by atoms with E-state index in [0.29, 0.717) is 6.04 Å². The molecule has 1 fully saturated rings. The molecule has 1 aromatic rings. The van der Waals surface area contributed by atoms with Crippen molar-refractivity contribution in [2.24, 2.45) is 5.92 Å². The molecule has 1 unspecified atom stereocenters. The average Bonchev–Trinajstić information content (AvgIpc) is 3.12. The standard InChI is InChI=1S/C12H20N4S/c1-8(6-9-4-5-9)14-11-7-10(13-2)15-12(16-11)17-3/h7-9H,4-6H2,1-3H3,(H2,13,14,15,16). The fourth-order valence-electron chi connectivity index (χ4n) is 1.88. The molecule has 1 aliphatic rings. The largest absolute Gasteiger partial charge is 0.373 e. The van der Waals surface area contributed by atoms with Gasteiger partial charge in [-0.2, -0.15) is 0 Å². The molecule has 2 N–H and O–H groups in total. The van der Waals surface area contributed by atoms with Crippen molar-refractivity contribution in [3.63, 3.8) is 0 Å². The Morgan fingerprint density at radius 2 is 2.12 bits per heavy atom. The molecule has 0 aromatic carbocycles. The molecule has 0 spiro atoms. The highest BCUT2D eigenvalue weighted by molar-refractivity contribution is 7.98. The lowest BCUT2D eigenvalue weighted by atomic mass is 10.1. The van der Waals surface area contributed by atoms with Gasteiger partial charge in [-0.15, -0.1) is 0 Å². The van der Waals surface area contributed by atoms with Crippen LogP contribution in [0.5, 0.6) is 0 Å². The van der Waals surface area contributed by atoms with Gasteiger partial charge < -0.3 is 10.6 Å². The Bertz CT molecular complexity index is 357. The summed E-state index contributed by atoms with van der Waals surface area (Å²) < 4.78 is 0. The minimum absolute atomic E-state index is 0.483. The van der Waals surface area contributed by atoms with Crippen molar-refractivity contribution in [3.8, 4) is 0 Å². The van der Waals surface area contributed by atoms with Gasteiger partial charge in [-0.1, -0.05) is 24.6 Å². The van der Waals surface area contributed by atoms with Crippen molar-refractivity contribution < 1.29 is 0 Å². The van der Waals surface area contributed by atoms with Gasteiger partial charge in [-0.3, -0.25) is 0 Å². The molecular weight excluding hydrogens is 232 g/mol. The Balaban J connectivity index is 2.02. The number of nitrogens with one attached hydrogen (secondary N) is 2. The molecule has 0 bridgehead atoms. The van der Waals surface area contributed by atoms with Crippen molar-refractivity contribution >= 4 is 23.4 Å². The van der Waals surface area contributed by atoms with Gasteiger partial charge in [0, 0.05) is 19.2 Å². The Morgan fingerprint density at radius 1 is 1.41 bits per heavy atom. The smallest absolute Gasteiger partial charge is 0.191 e. The molecule has 1 aromatic heterocycles. The summed E-state index contributed by atoms with van der Waals surface area (Å²) in [5.74, 6) is 2.72. The van der Waals surface area contributed by atoms with E-state index in [1.54, 1.807) is 11.8 Å². The summed E-state index contributed by atoms with van der Waals surface area (Å²) in [5.41, 5.74) is 0. The summed E-state index contributed by atoms with van der Waals surface area (Å²) in [4.78, 5) is 8.82. The molecule has 2 rings (SSSR count). The minimum Gasteiger partial charge on any atom is -0.373 e. The fraction of sp³-hybridized carbons (Fsp3) is 0.667. The van der Waals surface area contributed by atoms with E-state index in [2.05, 4.69) is 27.5 Å². The van der Waals surface area contributed by atoms with Gasteiger partial charge in [0.1, 0.15) is 11.6 Å². The zero-order valence-electron chi connectivity index (χ0n) is 10.7. The molecule has 1 atom stereocenters. The molecule has 0 amide bonds. The summed E-state index contributed by atoms with van der Waals surface area (Å²) in [5, 5.41) is 7.33. The first-order valence-corrected chi connectivity index (χ1v) is 7.31. The number of hydrogen-bond acceptors (Lipinski definition) is 5. The molecule has 1 heterocycles. The SMILES string of the molecule is CNc1cc(NC(C)CC2CC2)nc(SC)n1. The van der Waals surface area contributed by atoms with E-state index in [9.17, 15) is 0 Å². The first-order valence-electron chi connectivity index (χ1n) is 6.08. The van der Waals surface area contributed by atoms with Crippen LogP contribution < -0.4 is 10.6 Å². The highest BCUT2D eigenvalue weighted by atomic mass is 32.2. The predicted octanol–water partition coefficient (Wildman–Crippen LogP) is 2.84. The first-order chi connectivity index (χ1) is 8.21. The Labute approximate surface area is 107 Å². The Morgan fingerprint density at radius 3 is 2.71 bits per heavy atom. The normalized spacial score (nSPS) is 16.6. The number of anilines is 2. The van der Waals surface area contributed by atoms with E-state index < -0.39 is 0 Å². The monoisotopic (exact) mass is 252 g/mol. The van der Waals surface area contributed by atoms with Crippen LogP contribution in [-0.2, 0) is 0 Å². The third-order valence-electron chi connectivity index (χ3n) is 2.92. The van der Waals surface area contributed by atoms with Gasteiger partial charge in [0.05, 0.1) is 0 Å². The number of hydrogen-bond donors (Lipinski definition) is 2. The fourth-order valence-corrected chi connectivity index (χ4v) is 2.26. The van der Waals surface area contributed by atoms with E-state index in [1.807, 2.05) is 19.4 Å². The molecule has 94 valence electrons. The van der Waals surface area contributed by atoms with Crippen LogP contribution in [0.2, 0.25) is 0 Å². The summed E-state index contributed by atoms with van der Waals surface area (Å²) >= 11 is 1.56. The maximum Gasteiger partial charge on any atom is 0.191 e. The van der Waals surface area contributed by atoms with Crippen LogP contribution >= 0.6 is 11.8 Å². The third kappa shape index (κ3) is 3.77. The molecule has 0 aliphatic heterocycles. The van der Waals surface area contributed by atoms with E-state index in [0.717, 1.165) is 22.7 Å². The van der Waals surface area contributed by atoms with Crippen molar-refractivity contribution in [3.05, 3.63) is 6.07 Å². The molecule has 0 saturated heterocycles. The van der Waals surface area contributed by atoms with Crippen LogP contribution in [0.3, 0.4) is 0 Å². The second kappa shape index (κ2) is 5.58. The molecule has 1 saturated carbocycles. The number of nitrogens with zero attached hydrogens (tertiary/aromatic N) is 2. The lowest BCUT2D eigenvalue weighted by Crippen LogP contribution is -2.17. The quantitative estimate of drug-likeness (QED) is 0.602. The van der Waals surface area contributed by atoms with Crippen molar-refractivity contribution in [2.75, 3.05) is 23.9 Å². The highest BCUT2D eigenvalue weighted by Gasteiger charge is 2.23.